The molecule has 5 heteroatoms. The van der Waals surface area contributed by atoms with E-state index in [2.05, 4.69) is 32.3 Å². The molecule has 0 radical (unpaired) electrons. The summed E-state index contributed by atoms with van der Waals surface area (Å²) in [6, 6.07) is 20.5. The summed E-state index contributed by atoms with van der Waals surface area (Å²) in [7, 11) is 0. The molecule has 1 amide bonds. The molecule has 2 aromatic carbocycles. The number of benzene rings is 2. The van der Waals surface area contributed by atoms with Gasteiger partial charge in [0.15, 0.2) is 0 Å². The number of hydrogen-bond acceptors (Lipinski definition) is 3. The van der Waals surface area contributed by atoms with Crippen LogP contribution in [0.5, 0.6) is 0 Å². The van der Waals surface area contributed by atoms with Crippen LogP contribution in [0.4, 0.5) is 5.69 Å². The summed E-state index contributed by atoms with van der Waals surface area (Å²) < 4.78 is 0.794. The number of nitrogens with zero attached hydrogens (tertiary/aromatic N) is 2. The Kier molecular flexibility index (Phi) is 4.69. The Balaban J connectivity index is 1.96. The number of nitrogens with one attached hydrogen (secondary N) is 1. The van der Waals surface area contributed by atoms with Crippen molar-refractivity contribution >= 4 is 27.5 Å². The number of pyridine rings is 1. The zero-order valence-electron chi connectivity index (χ0n) is 12.5. The SMILES string of the molecule is N#Cc1c(NC(=O)c2ccc(Br)cn2)cccc1-c1ccccc1. The van der Waals surface area contributed by atoms with Crippen molar-refractivity contribution in [3.05, 3.63) is 82.6 Å². The van der Waals surface area contributed by atoms with Crippen LogP contribution in [0.25, 0.3) is 11.1 Å². The van der Waals surface area contributed by atoms with Crippen LogP contribution in [0.1, 0.15) is 16.1 Å². The highest BCUT2D eigenvalue weighted by Crippen LogP contribution is 2.28. The first-order valence-corrected chi connectivity index (χ1v) is 8.00. The van der Waals surface area contributed by atoms with Crippen molar-refractivity contribution in [2.75, 3.05) is 5.32 Å². The Morgan fingerprint density at radius 3 is 2.50 bits per heavy atom. The van der Waals surface area contributed by atoms with Crippen molar-refractivity contribution in [3.8, 4) is 17.2 Å². The summed E-state index contributed by atoms with van der Waals surface area (Å²) >= 11 is 3.28. The molecule has 0 aliphatic rings. The van der Waals surface area contributed by atoms with Gasteiger partial charge in [0.05, 0.1) is 11.3 Å². The van der Waals surface area contributed by atoms with Crippen LogP contribution < -0.4 is 5.32 Å². The predicted octanol–water partition coefficient (Wildman–Crippen LogP) is 4.64. The van der Waals surface area contributed by atoms with E-state index in [1.165, 1.54) is 0 Å². The molecule has 0 spiro atoms. The number of amides is 1. The Bertz CT molecular complexity index is 916. The zero-order chi connectivity index (χ0) is 16.9. The standard InChI is InChI=1S/C19H12BrN3O/c20-14-9-10-18(22-12-14)19(24)23-17-8-4-7-15(16(17)11-21)13-5-2-1-3-6-13/h1-10,12H,(H,23,24). The first kappa shape index (κ1) is 15.9. The monoisotopic (exact) mass is 377 g/mol. The van der Waals surface area contributed by atoms with Crippen LogP contribution in [0.15, 0.2) is 71.3 Å². The third-order valence-corrected chi connectivity index (χ3v) is 3.94. The fourth-order valence-electron chi connectivity index (χ4n) is 2.33. The van der Waals surface area contributed by atoms with Gasteiger partial charge in [0.2, 0.25) is 0 Å². The number of rotatable bonds is 3. The maximum absolute atomic E-state index is 12.3. The number of carbonyl (C=O) groups is 1. The van der Waals surface area contributed by atoms with Gasteiger partial charge in [-0.15, -0.1) is 0 Å². The average Bonchev–Trinajstić information content (AvgIpc) is 2.62. The van der Waals surface area contributed by atoms with Gasteiger partial charge in [-0.3, -0.25) is 4.79 Å². The van der Waals surface area contributed by atoms with Gasteiger partial charge < -0.3 is 5.32 Å². The first-order valence-electron chi connectivity index (χ1n) is 7.20. The molecular formula is C19H12BrN3O. The van der Waals surface area contributed by atoms with Gasteiger partial charge in [0.1, 0.15) is 11.8 Å². The smallest absolute Gasteiger partial charge is 0.274 e. The van der Waals surface area contributed by atoms with Crippen LogP contribution in [0.3, 0.4) is 0 Å². The molecule has 0 unspecified atom stereocenters. The van der Waals surface area contributed by atoms with E-state index < -0.39 is 0 Å². The summed E-state index contributed by atoms with van der Waals surface area (Å²) in [5.41, 5.74) is 2.88. The van der Waals surface area contributed by atoms with Crippen LogP contribution in [0.2, 0.25) is 0 Å². The van der Waals surface area contributed by atoms with E-state index in [1.807, 2.05) is 42.5 Å². The second-order valence-electron chi connectivity index (χ2n) is 5.02. The molecule has 1 heterocycles. The molecule has 0 saturated carbocycles. The fourth-order valence-corrected chi connectivity index (χ4v) is 2.57. The van der Waals surface area contributed by atoms with Gasteiger partial charge >= 0.3 is 0 Å². The Hall–Kier alpha value is -2.97. The number of hydrogen-bond donors (Lipinski definition) is 1. The van der Waals surface area contributed by atoms with Crippen molar-refractivity contribution in [1.29, 1.82) is 5.26 Å². The fraction of sp³-hybridized carbons (Fsp3) is 0. The lowest BCUT2D eigenvalue weighted by Gasteiger charge is -2.11. The van der Waals surface area contributed by atoms with Crippen molar-refractivity contribution in [1.82, 2.24) is 4.98 Å². The number of carbonyl (C=O) groups excluding carboxylic acids is 1. The second-order valence-corrected chi connectivity index (χ2v) is 5.94. The van der Waals surface area contributed by atoms with Crippen LogP contribution in [0, 0.1) is 11.3 Å². The normalized spacial score (nSPS) is 10.0. The van der Waals surface area contributed by atoms with Crippen molar-refractivity contribution in [3.63, 3.8) is 0 Å². The molecule has 0 fully saturated rings. The Morgan fingerprint density at radius 1 is 1.04 bits per heavy atom. The van der Waals surface area contributed by atoms with E-state index in [9.17, 15) is 10.1 Å². The number of aromatic nitrogens is 1. The lowest BCUT2D eigenvalue weighted by atomic mass is 9.99. The minimum absolute atomic E-state index is 0.284. The molecule has 0 atom stereocenters. The average molecular weight is 378 g/mol. The van der Waals surface area contributed by atoms with E-state index in [4.69, 9.17) is 0 Å². The molecule has 0 aliphatic heterocycles. The van der Waals surface area contributed by atoms with Gasteiger partial charge in [-0.1, -0.05) is 42.5 Å². The highest BCUT2D eigenvalue weighted by Gasteiger charge is 2.14. The molecule has 3 rings (SSSR count). The van der Waals surface area contributed by atoms with Gasteiger partial charge in [-0.2, -0.15) is 5.26 Å². The minimum Gasteiger partial charge on any atom is -0.319 e. The van der Waals surface area contributed by atoms with Crippen LogP contribution >= 0.6 is 15.9 Å². The lowest BCUT2D eigenvalue weighted by Crippen LogP contribution is -2.14. The van der Waals surface area contributed by atoms with Gasteiger partial charge in [0.25, 0.3) is 5.91 Å². The molecule has 3 aromatic rings. The van der Waals surface area contributed by atoms with Crippen LogP contribution in [-0.4, -0.2) is 10.9 Å². The number of nitriles is 1. The molecule has 0 aliphatic carbocycles. The first-order chi connectivity index (χ1) is 11.7. The van der Waals surface area contributed by atoms with E-state index in [-0.39, 0.29) is 11.6 Å². The van der Waals surface area contributed by atoms with Crippen molar-refractivity contribution in [2.45, 2.75) is 0 Å². The van der Waals surface area contributed by atoms with Crippen molar-refractivity contribution in [2.24, 2.45) is 0 Å². The highest BCUT2D eigenvalue weighted by molar-refractivity contribution is 9.10. The summed E-state index contributed by atoms with van der Waals surface area (Å²) in [6.45, 7) is 0. The molecule has 4 nitrogen and oxygen atoms in total. The number of halogens is 1. The predicted molar refractivity (Wildman–Crippen MR) is 96.5 cm³/mol. The summed E-state index contributed by atoms with van der Waals surface area (Å²) in [5.74, 6) is -0.357. The van der Waals surface area contributed by atoms with Crippen LogP contribution in [-0.2, 0) is 0 Å². The largest absolute Gasteiger partial charge is 0.319 e. The molecule has 116 valence electrons. The molecule has 24 heavy (non-hydrogen) atoms. The van der Waals surface area contributed by atoms with E-state index in [0.29, 0.717) is 11.3 Å². The van der Waals surface area contributed by atoms with E-state index in [0.717, 1.165) is 15.6 Å². The van der Waals surface area contributed by atoms with Crippen molar-refractivity contribution < 1.29 is 4.79 Å². The highest BCUT2D eigenvalue weighted by atomic mass is 79.9. The Labute approximate surface area is 147 Å². The summed E-state index contributed by atoms with van der Waals surface area (Å²) in [4.78, 5) is 16.4. The molecule has 0 saturated heterocycles. The third-order valence-electron chi connectivity index (χ3n) is 3.47. The molecule has 1 N–H and O–H groups in total. The van der Waals surface area contributed by atoms with E-state index in [1.54, 1.807) is 24.4 Å². The Morgan fingerprint density at radius 2 is 1.83 bits per heavy atom. The molecular weight excluding hydrogens is 366 g/mol. The zero-order valence-corrected chi connectivity index (χ0v) is 14.1. The number of anilines is 1. The molecule has 0 bridgehead atoms. The summed E-state index contributed by atoms with van der Waals surface area (Å²) in [5, 5.41) is 12.3. The van der Waals surface area contributed by atoms with E-state index >= 15 is 0 Å². The van der Waals surface area contributed by atoms with Gasteiger partial charge in [-0.25, -0.2) is 4.98 Å². The summed E-state index contributed by atoms with van der Waals surface area (Å²) in [6.07, 6.45) is 1.56. The third kappa shape index (κ3) is 3.34. The van der Waals surface area contributed by atoms with Gasteiger partial charge in [-0.05, 0) is 39.7 Å². The maximum atomic E-state index is 12.3. The second kappa shape index (κ2) is 7.07. The quantitative estimate of drug-likeness (QED) is 0.722. The topological polar surface area (TPSA) is 65.8 Å². The van der Waals surface area contributed by atoms with Gasteiger partial charge in [0, 0.05) is 16.2 Å². The lowest BCUT2D eigenvalue weighted by molar-refractivity contribution is 0.102. The molecule has 1 aromatic heterocycles. The minimum atomic E-state index is -0.357. The maximum Gasteiger partial charge on any atom is 0.274 e.